The Labute approximate surface area is 153 Å². The molecule has 0 amide bonds. The van der Waals surface area contributed by atoms with Crippen molar-refractivity contribution in [2.24, 2.45) is 0 Å². The van der Waals surface area contributed by atoms with E-state index in [0.29, 0.717) is 33.9 Å². The van der Waals surface area contributed by atoms with E-state index < -0.39 is 11.8 Å². The normalized spacial score (nSPS) is 11.9. The predicted octanol–water partition coefficient (Wildman–Crippen LogP) is 4.00. The molecule has 4 rings (SSSR count). The number of rotatable bonds is 4. The molecule has 1 aliphatic rings. The van der Waals surface area contributed by atoms with Gasteiger partial charge < -0.3 is 14.2 Å². The van der Waals surface area contributed by atoms with Gasteiger partial charge in [0.2, 0.25) is 6.79 Å². The van der Waals surface area contributed by atoms with Crippen LogP contribution in [0.5, 0.6) is 17.2 Å². The minimum absolute atomic E-state index is 0.122. The highest BCUT2D eigenvalue weighted by molar-refractivity contribution is 6.09. The quantitative estimate of drug-likeness (QED) is 0.398. The molecular weight excluding hydrogens is 351 g/mol. The topological polar surface area (TPSA) is 61.8 Å². The molecule has 3 aromatic rings. The third-order valence-corrected chi connectivity index (χ3v) is 4.04. The third-order valence-electron chi connectivity index (χ3n) is 4.04. The Morgan fingerprint density at radius 2 is 1.37 bits per heavy atom. The molecule has 0 fully saturated rings. The summed E-state index contributed by atoms with van der Waals surface area (Å²) in [5, 5.41) is 0. The number of carbonyl (C=O) groups excluding carboxylic acids is 2. The largest absolute Gasteiger partial charge is 0.454 e. The molecule has 0 saturated heterocycles. The number of esters is 1. The summed E-state index contributed by atoms with van der Waals surface area (Å²) < 4.78 is 28.7. The standard InChI is InChI=1S/C21H13FO5/c22-16-6-1-13(2-7-16)20(23)14-3-8-17(9-4-14)27-21(24)15-5-10-18-19(11-15)26-12-25-18/h1-11H,12H2. The van der Waals surface area contributed by atoms with Gasteiger partial charge in [0, 0.05) is 11.1 Å². The predicted molar refractivity (Wildman–Crippen MR) is 93.8 cm³/mol. The van der Waals surface area contributed by atoms with Crippen LogP contribution >= 0.6 is 0 Å². The zero-order chi connectivity index (χ0) is 18.8. The fourth-order valence-corrected chi connectivity index (χ4v) is 2.63. The number of hydrogen-bond donors (Lipinski definition) is 0. The summed E-state index contributed by atoms with van der Waals surface area (Å²) in [6, 6.07) is 16.2. The van der Waals surface area contributed by atoms with Crippen molar-refractivity contribution in [1.29, 1.82) is 0 Å². The molecule has 0 saturated carbocycles. The fraction of sp³-hybridized carbons (Fsp3) is 0.0476. The van der Waals surface area contributed by atoms with Crippen LogP contribution in [-0.4, -0.2) is 18.5 Å². The van der Waals surface area contributed by atoms with Gasteiger partial charge in [-0.2, -0.15) is 0 Å². The number of benzene rings is 3. The lowest BCUT2D eigenvalue weighted by Gasteiger charge is -2.06. The van der Waals surface area contributed by atoms with E-state index in [1.54, 1.807) is 30.3 Å². The lowest BCUT2D eigenvalue weighted by atomic mass is 10.0. The van der Waals surface area contributed by atoms with Gasteiger partial charge in [0.25, 0.3) is 0 Å². The van der Waals surface area contributed by atoms with Crippen molar-refractivity contribution in [1.82, 2.24) is 0 Å². The Kier molecular flexibility index (Phi) is 4.30. The first-order chi connectivity index (χ1) is 13.1. The van der Waals surface area contributed by atoms with E-state index >= 15 is 0 Å². The van der Waals surface area contributed by atoms with Gasteiger partial charge >= 0.3 is 5.97 Å². The van der Waals surface area contributed by atoms with Crippen LogP contribution in [0.2, 0.25) is 0 Å². The van der Waals surface area contributed by atoms with Crippen LogP contribution in [0.3, 0.4) is 0 Å². The molecule has 6 heteroatoms. The van der Waals surface area contributed by atoms with Gasteiger partial charge in [-0.1, -0.05) is 0 Å². The van der Waals surface area contributed by atoms with E-state index in [4.69, 9.17) is 14.2 Å². The number of fused-ring (bicyclic) bond motifs is 1. The summed E-state index contributed by atoms with van der Waals surface area (Å²) in [6.07, 6.45) is 0. The lowest BCUT2D eigenvalue weighted by molar-refractivity contribution is 0.0734. The van der Waals surface area contributed by atoms with E-state index in [1.165, 1.54) is 36.4 Å². The SMILES string of the molecule is O=C(Oc1ccc(C(=O)c2ccc(F)cc2)cc1)c1ccc2c(c1)OCO2. The van der Waals surface area contributed by atoms with Gasteiger partial charge in [-0.25, -0.2) is 9.18 Å². The number of ketones is 1. The van der Waals surface area contributed by atoms with Gasteiger partial charge in [-0.05, 0) is 66.7 Å². The van der Waals surface area contributed by atoms with Crippen molar-refractivity contribution in [2.75, 3.05) is 6.79 Å². The molecule has 1 aliphatic heterocycles. The van der Waals surface area contributed by atoms with E-state index in [2.05, 4.69) is 0 Å². The Morgan fingerprint density at radius 1 is 0.778 bits per heavy atom. The van der Waals surface area contributed by atoms with E-state index in [0.717, 1.165) is 0 Å². The first-order valence-electron chi connectivity index (χ1n) is 8.12. The molecule has 0 spiro atoms. The lowest BCUT2D eigenvalue weighted by Crippen LogP contribution is -2.08. The van der Waals surface area contributed by atoms with Gasteiger partial charge in [0.15, 0.2) is 17.3 Å². The maximum atomic E-state index is 13.0. The van der Waals surface area contributed by atoms with Crippen LogP contribution < -0.4 is 14.2 Å². The van der Waals surface area contributed by atoms with Crippen LogP contribution in [0.1, 0.15) is 26.3 Å². The van der Waals surface area contributed by atoms with Crippen LogP contribution in [0.15, 0.2) is 66.7 Å². The molecule has 5 nitrogen and oxygen atoms in total. The Bertz CT molecular complexity index is 1010. The molecule has 0 unspecified atom stereocenters. The molecule has 0 bridgehead atoms. The second-order valence-electron chi connectivity index (χ2n) is 5.82. The van der Waals surface area contributed by atoms with Crippen LogP contribution in [0, 0.1) is 5.82 Å². The first-order valence-corrected chi connectivity index (χ1v) is 8.12. The highest BCUT2D eigenvalue weighted by Gasteiger charge is 2.17. The second-order valence-corrected chi connectivity index (χ2v) is 5.82. The molecule has 27 heavy (non-hydrogen) atoms. The van der Waals surface area contributed by atoms with E-state index in [9.17, 15) is 14.0 Å². The summed E-state index contributed by atoms with van der Waals surface area (Å²) >= 11 is 0. The summed E-state index contributed by atoms with van der Waals surface area (Å²) in [4.78, 5) is 24.6. The van der Waals surface area contributed by atoms with Crippen molar-refractivity contribution >= 4 is 11.8 Å². The molecule has 134 valence electrons. The molecule has 3 aromatic carbocycles. The third kappa shape index (κ3) is 3.50. The number of ether oxygens (including phenoxy) is 3. The Hall–Kier alpha value is -3.67. The first kappa shape index (κ1) is 16.8. The minimum atomic E-state index is -0.550. The second kappa shape index (κ2) is 6.92. The zero-order valence-electron chi connectivity index (χ0n) is 14.0. The minimum Gasteiger partial charge on any atom is -0.454 e. The number of carbonyl (C=O) groups is 2. The maximum absolute atomic E-state index is 13.0. The van der Waals surface area contributed by atoms with Gasteiger partial charge in [-0.15, -0.1) is 0 Å². The van der Waals surface area contributed by atoms with Crippen molar-refractivity contribution < 1.29 is 28.2 Å². The molecule has 1 heterocycles. The molecule has 0 aromatic heterocycles. The van der Waals surface area contributed by atoms with Gasteiger partial charge in [0.05, 0.1) is 5.56 Å². The molecule has 0 aliphatic carbocycles. The average Bonchev–Trinajstić information content (AvgIpc) is 3.16. The highest BCUT2D eigenvalue weighted by atomic mass is 19.1. The Morgan fingerprint density at radius 3 is 2.07 bits per heavy atom. The average molecular weight is 364 g/mol. The van der Waals surface area contributed by atoms with Crippen molar-refractivity contribution in [2.45, 2.75) is 0 Å². The maximum Gasteiger partial charge on any atom is 0.343 e. The van der Waals surface area contributed by atoms with Gasteiger partial charge in [0.1, 0.15) is 11.6 Å². The van der Waals surface area contributed by atoms with E-state index in [1.807, 2.05) is 0 Å². The van der Waals surface area contributed by atoms with Crippen LogP contribution in [-0.2, 0) is 0 Å². The van der Waals surface area contributed by atoms with Crippen LogP contribution in [0.25, 0.3) is 0 Å². The van der Waals surface area contributed by atoms with Crippen LogP contribution in [0.4, 0.5) is 4.39 Å². The summed E-state index contributed by atoms with van der Waals surface area (Å²) in [5.74, 6) is 0.167. The van der Waals surface area contributed by atoms with Crippen molar-refractivity contribution in [3.05, 3.63) is 89.2 Å². The summed E-state index contributed by atoms with van der Waals surface area (Å²) in [7, 11) is 0. The molecule has 0 atom stereocenters. The fourth-order valence-electron chi connectivity index (χ4n) is 2.63. The van der Waals surface area contributed by atoms with E-state index in [-0.39, 0.29) is 12.6 Å². The van der Waals surface area contributed by atoms with Crippen molar-refractivity contribution in [3.8, 4) is 17.2 Å². The van der Waals surface area contributed by atoms with Crippen molar-refractivity contribution in [3.63, 3.8) is 0 Å². The summed E-state index contributed by atoms with van der Waals surface area (Å²) in [5.41, 5.74) is 1.11. The molecule has 0 N–H and O–H groups in total. The molecule has 0 radical (unpaired) electrons. The van der Waals surface area contributed by atoms with Gasteiger partial charge in [-0.3, -0.25) is 4.79 Å². The number of halogens is 1. The molecular formula is C21H13FO5. The smallest absolute Gasteiger partial charge is 0.343 e. The monoisotopic (exact) mass is 364 g/mol. The highest BCUT2D eigenvalue weighted by Crippen LogP contribution is 2.32. The number of hydrogen-bond acceptors (Lipinski definition) is 5. The summed E-state index contributed by atoms with van der Waals surface area (Å²) in [6.45, 7) is 0.122. The Balaban J connectivity index is 1.46. The zero-order valence-corrected chi connectivity index (χ0v) is 14.0.